The number of hydrogen-bond donors (Lipinski definition) is 1. The molecule has 0 amide bonds. The summed E-state index contributed by atoms with van der Waals surface area (Å²) in [6.45, 7) is -0.250. The fourth-order valence-corrected chi connectivity index (χ4v) is 0. The van der Waals surface area contributed by atoms with Crippen molar-refractivity contribution in [3.8, 4) is 0 Å². The van der Waals surface area contributed by atoms with Gasteiger partial charge in [0.05, 0.1) is 0 Å². The van der Waals surface area contributed by atoms with Crippen LogP contribution >= 0.6 is 0 Å². The van der Waals surface area contributed by atoms with Crippen LogP contribution in [0, 0.1) is 0 Å². The van der Waals surface area contributed by atoms with E-state index in [1.54, 1.807) is 0 Å². The third-order valence-electron chi connectivity index (χ3n) is 0. The van der Waals surface area contributed by atoms with Crippen LogP contribution < -0.4 is 10.2 Å². The van der Waals surface area contributed by atoms with Crippen molar-refractivity contribution < 1.29 is 42.0 Å². The zero-order valence-electron chi connectivity index (χ0n) is 3.46. The van der Waals surface area contributed by atoms with Crippen LogP contribution in [0.5, 0.6) is 0 Å². The van der Waals surface area contributed by atoms with E-state index in [-0.39, 0.29) is 23.5 Å². The van der Waals surface area contributed by atoms with E-state index >= 15 is 0 Å². The molecule has 6 heteroatoms. The van der Waals surface area contributed by atoms with Gasteiger partial charge in [-0.2, -0.15) is 0 Å². The monoisotopic (exact) mass is 169 g/mol. The second-order valence-electron chi connectivity index (χ2n) is 0.355. The molecule has 8 heavy (non-hydrogen) atoms. The minimum atomic E-state index is -2.33. The topological polar surface area (TPSA) is 100 Å². The van der Waals surface area contributed by atoms with Crippen LogP contribution in [0.15, 0.2) is 0 Å². The second kappa shape index (κ2) is 16.3. The van der Waals surface area contributed by atoms with Gasteiger partial charge in [-0.15, -0.1) is 0 Å². The van der Waals surface area contributed by atoms with E-state index < -0.39 is 6.16 Å². The van der Waals surface area contributed by atoms with Crippen molar-refractivity contribution in [2.24, 2.45) is 0 Å². The Morgan fingerprint density at radius 3 is 1.50 bits per heavy atom. The molecule has 0 aromatic rings. The van der Waals surface area contributed by atoms with Gasteiger partial charge in [-0.25, -0.2) is 0 Å². The fraction of sp³-hybridized carbons (Fsp3) is 0. The molecule has 51 valence electrons. The molecule has 0 spiro atoms. The second-order valence-corrected chi connectivity index (χ2v) is 0.355. The Balaban J connectivity index is -0.0000000575. The molecule has 0 aliphatic heterocycles. The molecule has 1 radical (unpaired) electrons. The first-order chi connectivity index (χ1) is 3.15. The molecular weight excluding hydrogens is 168 g/mol. The largest absolute Gasteiger partial charge is 2.00 e. The Morgan fingerprint density at radius 2 is 1.50 bits per heavy atom. The van der Waals surface area contributed by atoms with E-state index in [2.05, 4.69) is 0 Å². The van der Waals surface area contributed by atoms with Crippen LogP contribution in [0.4, 0.5) is 4.79 Å². The third-order valence-corrected chi connectivity index (χ3v) is 0. The summed E-state index contributed by atoms with van der Waals surface area (Å²) in [6.07, 6.45) is -2.33. The Labute approximate surface area is 55.4 Å². The Hall–Kier alpha value is -0.741. The molecular formula is C2H2CuO5. The van der Waals surface area contributed by atoms with Gasteiger partial charge in [-0.05, 0) is 6.16 Å². The summed E-state index contributed by atoms with van der Waals surface area (Å²) in [4.78, 5) is 16.7. The summed E-state index contributed by atoms with van der Waals surface area (Å²) in [5.41, 5.74) is 0. The zero-order valence-corrected chi connectivity index (χ0v) is 4.40. The first-order valence-corrected chi connectivity index (χ1v) is 1.11. The first-order valence-electron chi connectivity index (χ1n) is 1.11. The molecule has 0 saturated heterocycles. The molecule has 0 heterocycles. The summed E-state index contributed by atoms with van der Waals surface area (Å²) in [5, 5.41) is 23.6. The molecule has 1 N–H and O–H groups in total. The average Bonchev–Trinajstić information content (AvgIpc) is 1.33. The van der Waals surface area contributed by atoms with Crippen molar-refractivity contribution >= 4 is 12.6 Å². The molecule has 0 unspecified atom stereocenters. The maximum Gasteiger partial charge on any atom is 2.00 e. The summed E-state index contributed by atoms with van der Waals surface area (Å²) in [7, 11) is 0. The van der Waals surface area contributed by atoms with Gasteiger partial charge in [0.25, 0.3) is 6.47 Å². The van der Waals surface area contributed by atoms with E-state index in [9.17, 15) is 0 Å². The Bertz CT molecular complexity index is 57.4. The number of hydrogen-bond acceptors (Lipinski definition) is 4. The number of carbonyl (C=O) groups is 2. The van der Waals surface area contributed by atoms with Crippen LogP contribution in [-0.2, 0) is 21.9 Å². The predicted octanol–water partition coefficient (Wildman–Crippen LogP) is -2.75. The molecule has 0 aromatic carbocycles. The van der Waals surface area contributed by atoms with Crippen LogP contribution in [0.25, 0.3) is 0 Å². The Morgan fingerprint density at radius 1 is 1.50 bits per heavy atom. The molecule has 0 atom stereocenters. The minimum absolute atomic E-state index is 0. The number of carboxylic acid groups (broad SMARTS) is 3. The van der Waals surface area contributed by atoms with Gasteiger partial charge in [0, 0.05) is 0 Å². The van der Waals surface area contributed by atoms with E-state index in [1.807, 2.05) is 0 Å². The average molecular weight is 170 g/mol. The maximum atomic E-state index is 8.36. The van der Waals surface area contributed by atoms with Gasteiger partial charge < -0.3 is 20.1 Å². The van der Waals surface area contributed by atoms with Gasteiger partial charge >= 0.3 is 17.1 Å². The molecule has 0 fully saturated rings. The third kappa shape index (κ3) is 174. The summed E-state index contributed by atoms with van der Waals surface area (Å²) in [6, 6.07) is 0. The summed E-state index contributed by atoms with van der Waals surface area (Å²) >= 11 is 0. The number of carbonyl (C=O) groups excluding carboxylic acids is 1. The van der Waals surface area contributed by atoms with Crippen molar-refractivity contribution in [3.05, 3.63) is 0 Å². The normalized spacial score (nSPS) is 4.50. The molecule has 0 aliphatic carbocycles. The van der Waals surface area contributed by atoms with Crippen molar-refractivity contribution in [3.63, 3.8) is 0 Å². The summed E-state index contributed by atoms with van der Waals surface area (Å²) < 4.78 is 0. The van der Waals surface area contributed by atoms with E-state index in [0.717, 1.165) is 0 Å². The molecule has 0 rings (SSSR count). The van der Waals surface area contributed by atoms with Crippen LogP contribution in [-0.4, -0.2) is 17.7 Å². The summed E-state index contributed by atoms with van der Waals surface area (Å²) in [5.74, 6) is 0. The quantitative estimate of drug-likeness (QED) is 0.313. The molecule has 0 bridgehead atoms. The maximum absolute atomic E-state index is 8.36. The molecule has 5 nitrogen and oxygen atoms in total. The van der Waals surface area contributed by atoms with Crippen molar-refractivity contribution in [2.45, 2.75) is 0 Å². The van der Waals surface area contributed by atoms with Gasteiger partial charge in [-0.3, -0.25) is 4.79 Å². The SMILES string of the molecule is O=C([O-])[O-].O=CO.[Cu+2]. The van der Waals surface area contributed by atoms with Crippen LogP contribution in [0.3, 0.4) is 0 Å². The Kier molecular flexibility index (Phi) is 31.9. The smallest absolute Gasteiger partial charge is 0.652 e. The van der Waals surface area contributed by atoms with Gasteiger partial charge in [0.2, 0.25) is 0 Å². The van der Waals surface area contributed by atoms with E-state index in [0.29, 0.717) is 0 Å². The zero-order chi connectivity index (χ0) is 6.28. The van der Waals surface area contributed by atoms with Gasteiger partial charge in [0.15, 0.2) is 0 Å². The minimum Gasteiger partial charge on any atom is -0.652 e. The first kappa shape index (κ1) is 15.7. The van der Waals surface area contributed by atoms with Gasteiger partial charge in [-0.1, -0.05) is 0 Å². The van der Waals surface area contributed by atoms with Crippen molar-refractivity contribution in [2.75, 3.05) is 0 Å². The van der Waals surface area contributed by atoms with E-state index in [1.165, 1.54) is 0 Å². The fourth-order valence-electron chi connectivity index (χ4n) is 0. The van der Waals surface area contributed by atoms with Crippen LogP contribution in [0.2, 0.25) is 0 Å². The van der Waals surface area contributed by atoms with Crippen molar-refractivity contribution in [1.29, 1.82) is 0 Å². The van der Waals surface area contributed by atoms with E-state index in [4.69, 9.17) is 24.9 Å². The molecule has 0 aliphatic rings. The number of rotatable bonds is 0. The van der Waals surface area contributed by atoms with Crippen molar-refractivity contribution in [1.82, 2.24) is 0 Å². The van der Waals surface area contributed by atoms with Crippen LogP contribution in [0.1, 0.15) is 0 Å². The molecule has 0 aromatic heterocycles. The molecule has 0 saturated carbocycles. The predicted molar refractivity (Wildman–Crippen MR) is 14.1 cm³/mol. The van der Waals surface area contributed by atoms with Gasteiger partial charge in [0.1, 0.15) is 0 Å². The standard InChI is InChI=1S/CH2O3.CH2O2.Cu/c2-1(3)4;2-1-3;/h(H2,2,3,4);1H,(H,2,3);/q;;+2/p-2.